The summed E-state index contributed by atoms with van der Waals surface area (Å²) in [6.45, 7) is 2.31. The van der Waals surface area contributed by atoms with Crippen molar-refractivity contribution in [3.05, 3.63) is 24.6 Å². The first kappa shape index (κ1) is 8.34. The zero-order chi connectivity index (χ0) is 8.10. The average Bonchev–Trinajstić information content (AvgIpc) is 2.09. The van der Waals surface area contributed by atoms with Crippen molar-refractivity contribution in [3.63, 3.8) is 0 Å². The third-order valence-corrected chi connectivity index (χ3v) is 1.93. The van der Waals surface area contributed by atoms with E-state index in [1.807, 2.05) is 12.4 Å². The number of allylic oxidation sites excluding steroid dienone is 2. The lowest BCUT2D eigenvalue weighted by atomic mass is 10.2. The minimum Gasteiger partial charge on any atom is -0.394 e. The van der Waals surface area contributed by atoms with Crippen LogP contribution < -0.4 is 0 Å². The average molecular weight is 153 g/mol. The van der Waals surface area contributed by atoms with Crippen LogP contribution in [0, 0.1) is 0 Å². The zero-order valence-electron chi connectivity index (χ0n) is 6.90. The Bertz CT molecular complexity index is 147. The molecular weight excluding hydrogens is 138 g/mol. The van der Waals surface area contributed by atoms with Crippen LogP contribution in [-0.4, -0.2) is 22.7 Å². The van der Waals surface area contributed by atoms with E-state index >= 15 is 0 Å². The van der Waals surface area contributed by atoms with Gasteiger partial charge < -0.3 is 10.0 Å². The number of aliphatic hydroxyl groups excluding tert-OH is 1. The van der Waals surface area contributed by atoms with Crippen molar-refractivity contribution in [1.29, 1.82) is 0 Å². The Labute approximate surface area is 67.8 Å². The molecule has 0 bridgehead atoms. The van der Waals surface area contributed by atoms with E-state index in [2.05, 4.69) is 24.0 Å². The quantitative estimate of drug-likeness (QED) is 0.664. The minimum atomic E-state index is 0.227. The van der Waals surface area contributed by atoms with Crippen LogP contribution in [0.3, 0.4) is 0 Å². The summed E-state index contributed by atoms with van der Waals surface area (Å²) in [5.41, 5.74) is 0. The topological polar surface area (TPSA) is 23.5 Å². The molecule has 1 N–H and O–H groups in total. The molecule has 2 nitrogen and oxygen atoms in total. The molecule has 0 fully saturated rings. The van der Waals surface area contributed by atoms with Gasteiger partial charge in [-0.25, -0.2) is 0 Å². The van der Waals surface area contributed by atoms with Gasteiger partial charge in [-0.2, -0.15) is 0 Å². The molecule has 0 amide bonds. The van der Waals surface area contributed by atoms with Crippen LogP contribution in [0.1, 0.15) is 19.8 Å². The second-order valence-corrected chi connectivity index (χ2v) is 2.70. The molecule has 62 valence electrons. The van der Waals surface area contributed by atoms with Crippen LogP contribution in [0.25, 0.3) is 0 Å². The largest absolute Gasteiger partial charge is 0.394 e. The fourth-order valence-electron chi connectivity index (χ4n) is 1.17. The van der Waals surface area contributed by atoms with Crippen LogP contribution in [0.2, 0.25) is 0 Å². The summed E-state index contributed by atoms with van der Waals surface area (Å²) < 4.78 is 0. The van der Waals surface area contributed by atoms with Gasteiger partial charge in [-0.3, -0.25) is 0 Å². The van der Waals surface area contributed by atoms with Gasteiger partial charge in [-0.15, -0.1) is 0 Å². The predicted octanol–water partition coefficient (Wildman–Crippen LogP) is 1.49. The van der Waals surface area contributed by atoms with E-state index in [0.29, 0.717) is 0 Å². The summed E-state index contributed by atoms with van der Waals surface area (Å²) in [4.78, 5) is 2.06. The Balaban J connectivity index is 2.49. The van der Waals surface area contributed by atoms with E-state index < -0.39 is 0 Å². The molecule has 2 heteroatoms. The molecule has 0 aromatic carbocycles. The van der Waals surface area contributed by atoms with Gasteiger partial charge in [0, 0.05) is 12.4 Å². The smallest absolute Gasteiger partial charge is 0.0638 e. The van der Waals surface area contributed by atoms with E-state index in [9.17, 15) is 0 Å². The molecule has 1 aliphatic rings. The normalized spacial score (nSPS) is 18.9. The van der Waals surface area contributed by atoms with E-state index in [0.717, 1.165) is 12.8 Å². The predicted molar refractivity (Wildman–Crippen MR) is 45.9 cm³/mol. The number of rotatable bonds is 3. The van der Waals surface area contributed by atoms with E-state index in [-0.39, 0.29) is 12.6 Å². The summed E-state index contributed by atoms with van der Waals surface area (Å²) in [5.74, 6) is 0. The third kappa shape index (κ3) is 2.09. The van der Waals surface area contributed by atoms with Gasteiger partial charge in [0.2, 0.25) is 0 Å². The number of hydrogen-bond donors (Lipinski definition) is 1. The molecule has 0 aromatic rings. The third-order valence-electron chi connectivity index (χ3n) is 1.93. The second-order valence-electron chi connectivity index (χ2n) is 2.70. The highest BCUT2D eigenvalue weighted by atomic mass is 16.3. The van der Waals surface area contributed by atoms with Gasteiger partial charge in [0.05, 0.1) is 12.6 Å². The fourth-order valence-corrected chi connectivity index (χ4v) is 1.17. The molecule has 1 atom stereocenters. The molecule has 0 aliphatic carbocycles. The lowest BCUT2D eigenvalue weighted by Gasteiger charge is -2.26. The van der Waals surface area contributed by atoms with Crippen LogP contribution in [0.5, 0.6) is 0 Å². The molecule has 0 radical (unpaired) electrons. The SMILES string of the molecule is CCC(CO)N1C=CCC=C1. The summed E-state index contributed by atoms with van der Waals surface area (Å²) in [6, 6.07) is 0.253. The van der Waals surface area contributed by atoms with Crippen LogP contribution in [0.15, 0.2) is 24.6 Å². The lowest BCUT2D eigenvalue weighted by Crippen LogP contribution is -2.29. The van der Waals surface area contributed by atoms with Crippen molar-refractivity contribution in [2.24, 2.45) is 0 Å². The molecule has 0 aromatic heterocycles. The van der Waals surface area contributed by atoms with E-state index in [4.69, 9.17) is 5.11 Å². The van der Waals surface area contributed by atoms with Gasteiger partial charge in [0.1, 0.15) is 0 Å². The van der Waals surface area contributed by atoms with Crippen LogP contribution in [-0.2, 0) is 0 Å². The molecule has 0 saturated heterocycles. The first-order valence-corrected chi connectivity index (χ1v) is 4.10. The second kappa shape index (κ2) is 4.19. The standard InChI is InChI=1S/C9H15NO/c1-2-9(8-11)10-6-4-3-5-7-10/h4-7,9,11H,2-3,8H2,1H3. The van der Waals surface area contributed by atoms with Crippen molar-refractivity contribution in [3.8, 4) is 0 Å². The molecule has 11 heavy (non-hydrogen) atoms. The van der Waals surface area contributed by atoms with Crippen molar-refractivity contribution in [2.45, 2.75) is 25.8 Å². The van der Waals surface area contributed by atoms with Gasteiger partial charge in [-0.1, -0.05) is 19.1 Å². The number of nitrogens with zero attached hydrogens (tertiary/aromatic N) is 1. The molecule has 1 aliphatic heterocycles. The maximum absolute atomic E-state index is 8.97. The highest BCUT2D eigenvalue weighted by molar-refractivity contribution is 5.03. The lowest BCUT2D eigenvalue weighted by molar-refractivity contribution is 0.191. The Morgan fingerprint density at radius 1 is 1.45 bits per heavy atom. The highest BCUT2D eigenvalue weighted by Gasteiger charge is 2.09. The monoisotopic (exact) mass is 153 g/mol. The molecule has 0 spiro atoms. The van der Waals surface area contributed by atoms with Crippen molar-refractivity contribution in [2.75, 3.05) is 6.61 Å². The number of aliphatic hydroxyl groups is 1. The molecule has 0 saturated carbocycles. The summed E-state index contributed by atoms with van der Waals surface area (Å²) in [6.07, 6.45) is 10.2. The van der Waals surface area contributed by atoms with Crippen LogP contribution >= 0.6 is 0 Å². The van der Waals surface area contributed by atoms with Crippen molar-refractivity contribution in [1.82, 2.24) is 4.90 Å². The van der Waals surface area contributed by atoms with E-state index in [1.165, 1.54) is 0 Å². The van der Waals surface area contributed by atoms with Crippen molar-refractivity contribution >= 4 is 0 Å². The molecule has 1 unspecified atom stereocenters. The fraction of sp³-hybridized carbons (Fsp3) is 0.556. The summed E-state index contributed by atoms with van der Waals surface area (Å²) in [7, 11) is 0. The molecule has 1 rings (SSSR count). The Morgan fingerprint density at radius 2 is 2.09 bits per heavy atom. The van der Waals surface area contributed by atoms with Crippen LogP contribution in [0.4, 0.5) is 0 Å². The first-order valence-electron chi connectivity index (χ1n) is 4.10. The minimum absolute atomic E-state index is 0.227. The van der Waals surface area contributed by atoms with Gasteiger partial charge in [0.25, 0.3) is 0 Å². The summed E-state index contributed by atoms with van der Waals surface area (Å²) >= 11 is 0. The maximum atomic E-state index is 8.97. The molecular formula is C9H15NO. The highest BCUT2D eigenvalue weighted by Crippen LogP contribution is 2.09. The number of hydrogen-bond acceptors (Lipinski definition) is 2. The molecule has 1 heterocycles. The van der Waals surface area contributed by atoms with E-state index in [1.54, 1.807) is 0 Å². The Hall–Kier alpha value is -0.760. The Morgan fingerprint density at radius 3 is 2.55 bits per heavy atom. The maximum Gasteiger partial charge on any atom is 0.0638 e. The van der Waals surface area contributed by atoms with Gasteiger partial charge >= 0.3 is 0 Å². The van der Waals surface area contributed by atoms with Gasteiger partial charge in [0.15, 0.2) is 0 Å². The Kier molecular flexibility index (Phi) is 3.17. The summed E-state index contributed by atoms with van der Waals surface area (Å²) in [5, 5.41) is 8.97. The van der Waals surface area contributed by atoms with Crippen molar-refractivity contribution < 1.29 is 5.11 Å². The van der Waals surface area contributed by atoms with Gasteiger partial charge in [-0.05, 0) is 12.8 Å². The zero-order valence-corrected chi connectivity index (χ0v) is 6.90. The first-order chi connectivity index (χ1) is 5.38.